The lowest BCUT2D eigenvalue weighted by molar-refractivity contribution is -0.139. The van der Waals surface area contributed by atoms with Crippen LogP contribution in [0.1, 0.15) is 70.7 Å². The molecule has 2 aromatic rings. The van der Waals surface area contributed by atoms with Gasteiger partial charge in [-0.1, -0.05) is 12.1 Å². The molecule has 11 heteroatoms. The summed E-state index contributed by atoms with van der Waals surface area (Å²) in [6.07, 6.45) is 0.881. The molecule has 0 radical (unpaired) electrons. The van der Waals surface area contributed by atoms with Crippen LogP contribution in [0, 0.1) is 11.3 Å². The molecular weight excluding hydrogens is 566 g/mol. The monoisotopic (exact) mass is 609 g/mol. The summed E-state index contributed by atoms with van der Waals surface area (Å²) in [5, 5.41) is 23.1. The van der Waals surface area contributed by atoms with Crippen molar-refractivity contribution < 1.29 is 24.2 Å². The average molecular weight is 610 g/mol. The number of pyridine rings is 1. The van der Waals surface area contributed by atoms with Crippen LogP contribution < -0.4 is 10.2 Å². The van der Waals surface area contributed by atoms with Gasteiger partial charge in [0.15, 0.2) is 0 Å². The third kappa shape index (κ3) is 8.40. The molecule has 0 saturated carbocycles. The molecule has 1 aromatic carbocycles. The van der Waals surface area contributed by atoms with Crippen LogP contribution in [-0.4, -0.2) is 75.7 Å². The Bertz CT molecular complexity index is 1370. The number of carboxylic acids is 1. The molecule has 0 spiro atoms. The van der Waals surface area contributed by atoms with E-state index in [1.807, 2.05) is 77.6 Å². The molecule has 2 aliphatic rings. The molecule has 10 nitrogen and oxygen atoms in total. The molecule has 2 atom stereocenters. The molecule has 1 saturated heterocycles. The Hall–Kier alpha value is -3.33. The highest BCUT2D eigenvalue weighted by Gasteiger charge is 2.37. The van der Waals surface area contributed by atoms with Crippen LogP contribution in [-0.2, 0) is 33.7 Å². The van der Waals surface area contributed by atoms with Gasteiger partial charge in [-0.3, -0.25) is 15.0 Å². The zero-order valence-corrected chi connectivity index (χ0v) is 27.0. The third-order valence-electron chi connectivity index (χ3n) is 7.63. The van der Waals surface area contributed by atoms with E-state index < -0.39 is 23.3 Å². The number of nitrogens with zero attached hydrogens (tertiary/aromatic N) is 4. The number of thioether (sulfide) groups is 1. The first-order valence-corrected chi connectivity index (χ1v) is 15.7. The predicted molar refractivity (Wildman–Crippen MR) is 168 cm³/mol. The Morgan fingerprint density at radius 2 is 1.84 bits per heavy atom. The van der Waals surface area contributed by atoms with Crippen LogP contribution >= 0.6 is 11.8 Å². The molecule has 1 fully saturated rings. The van der Waals surface area contributed by atoms with Gasteiger partial charge in [0.25, 0.3) is 0 Å². The fourth-order valence-corrected chi connectivity index (χ4v) is 6.64. The second-order valence-corrected chi connectivity index (χ2v) is 14.1. The number of amides is 1. The van der Waals surface area contributed by atoms with Crippen LogP contribution in [0.4, 0.5) is 16.3 Å². The van der Waals surface area contributed by atoms with E-state index in [2.05, 4.69) is 16.3 Å². The summed E-state index contributed by atoms with van der Waals surface area (Å²) in [5.41, 5.74) is 3.37. The summed E-state index contributed by atoms with van der Waals surface area (Å²) < 4.78 is 11.5. The van der Waals surface area contributed by atoms with E-state index >= 15 is 0 Å². The van der Waals surface area contributed by atoms with Crippen LogP contribution in [0.2, 0.25) is 0 Å². The molecule has 3 heterocycles. The molecule has 2 aliphatic heterocycles. The average Bonchev–Trinajstić information content (AvgIpc) is 2.89. The molecule has 4 rings (SSSR count). The molecule has 0 bridgehead atoms. The Morgan fingerprint density at radius 1 is 1.19 bits per heavy atom. The van der Waals surface area contributed by atoms with Crippen molar-refractivity contribution in [3.05, 3.63) is 46.5 Å². The summed E-state index contributed by atoms with van der Waals surface area (Å²) in [4.78, 5) is 32.8. The molecule has 1 amide bonds. The standard InChI is InChI=1S/C32H43N5O5S/c1-20-16-36(17-21(2)37(20)18-27(38)39)28-26-19-41-32(6,7)14-24(26)25(15-33)29(35-28)43-13-12-22-8-10-23(11-9-22)34-30(40)42-31(3,4)5/h8-11,20-21H,12-14,16-19H2,1-7H3,(H,34,40)(H,38,39). The number of hydrogen-bond donors (Lipinski definition) is 2. The van der Waals surface area contributed by atoms with Gasteiger partial charge in [0, 0.05) is 48.6 Å². The van der Waals surface area contributed by atoms with Crippen LogP contribution in [0.3, 0.4) is 0 Å². The molecular formula is C32H43N5O5S. The maximum Gasteiger partial charge on any atom is 0.412 e. The fourth-order valence-electron chi connectivity index (χ4n) is 5.65. The SMILES string of the molecule is CC1CN(c2nc(SCCc3ccc(NC(=O)OC(C)(C)C)cc3)c(C#N)c3c2COC(C)(C)C3)CC(C)N1CC(=O)O. The third-order valence-corrected chi connectivity index (χ3v) is 8.60. The van der Waals surface area contributed by atoms with E-state index in [1.165, 1.54) is 0 Å². The minimum Gasteiger partial charge on any atom is -0.480 e. The number of carbonyl (C=O) groups excluding carboxylic acids is 1. The molecule has 2 unspecified atom stereocenters. The van der Waals surface area contributed by atoms with Crippen molar-refractivity contribution in [2.24, 2.45) is 0 Å². The zero-order chi connectivity index (χ0) is 31.5. The van der Waals surface area contributed by atoms with Crippen molar-refractivity contribution in [2.45, 2.75) is 96.2 Å². The van der Waals surface area contributed by atoms with E-state index in [4.69, 9.17) is 14.5 Å². The summed E-state index contributed by atoms with van der Waals surface area (Å²) in [5.74, 6) is 0.722. The van der Waals surface area contributed by atoms with Gasteiger partial charge in [-0.2, -0.15) is 5.26 Å². The van der Waals surface area contributed by atoms with E-state index in [1.54, 1.807) is 11.8 Å². The number of aryl methyl sites for hydroxylation is 1. The molecule has 2 N–H and O–H groups in total. The van der Waals surface area contributed by atoms with Crippen LogP contribution in [0.5, 0.6) is 0 Å². The normalized spacial score (nSPS) is 20.2. The highest BCUT2D eigenvalue weighted by molar-refractivity contribution is 7.99. The van der Waals surface area contributed by atoms with Gasteiger partial charge in [-0.15, -0.1) is 11.8 Å². The lowest BCUT2D eigenvalue weighted by atomic mass is 9.89. The maximum atomic E-state index is 12.1. The van der Waals surface area contributed by atoms with Crippen molar-refractivity contribution in [1.29, 1.82) is 5.26 Å². The fraction of sp³-hybridized carbons (Fsp3) is 0.562. The van der Waals surface area contributed by atoms with Crippen LogP contribution in [0.15, 0.2) is 29.3 Å². The molecule has 1 aromatic heterocycles. The van der Waals surface area contributed by atoms with Crippen molar-refractivity contribution in [2.75, 3.05) is 35.6 Å². The first-order chi connectivity index (χ1) is 20.2. The Balaban J connectivity index is 1.53. The van der Waals surface area contributed by atoms with Gasteiger partial charge in [0.2, 0.25) is 0 Å². The van der Waals surface area contributed by atoms with Crippen molar-refractivity contribution in [1.82, 2.24) is 9.88 Å². The highest BCUT2D eigenvalue weighted by Crippen LogP contribution is 2.39. The van der Waals surface area contributed by atoms with Crippen LogP contribution in [0.25, 0.3) is 0 Å². The number of nitrogens with one attached hydrogen (secondary N) is 1. The Morgan fingerprint density at radius 3 is 2.42 bits per heavy atom. The number of anilines is 2. The minimum atomic E-state index is -0.829. The second kappa shape index (κ2) is 13.1. The van der Waals surface area contributed by atoms with Gasteiger partial charge < -0.3 is 19.5 Å². The number of hydrogen-bond acceptors (Lipinski definition) is 9. The van der Waals surface area contributed by atoms with Gasteiger partial charge in [-0.25, -0.2) is 9.78 Å². The smallest absolute Gasteiger partial charge is 0.412 e. The number of carbonyl (C=O) groups is 2. The van der Waals surface area contributed by atoms with E-state index in [0.717, 1.165) is 34.7 Å². The number of piperazine rings is 1. The van der Waals surface area contributed by atoms with Gasteiger partial charge in [-0.05, 0) is 78.1 Å². The van der Waals surface area contributed by atoms with Crippen molar-refractivity contribution in [3.8, 4) is 6.07 Å². The summed E-state index contributed by atoms with van der Waals surface area (Å²) in [6, 6.07) is 10.2. The summed E-state index contributed by atoms with van der Waals surface area (Å²) >= 11 is 1.57. The Labute approximate surface area is 258 Å². The quantitative estimate of drug-likeness (QED) is 0.372. The number of rotatable bonds is 8. The summed E-state index contributed by atoms with van der Waals surface area (Å²) in [6.45, 7) is 15.3. The van der Waals surface area contributed by atoms with Gasteiger partial charge in [0.05, 0.1) is 24.3 Å². The number of ether oxygens (including phenoxy) is 2. The second-order valence-electron chi connectivity index (χ2n) is 13.0. The van der Waals surface area contributed by atoms with E-state index in [-0.39, 0.29) is 18.6 Å². The maximum absolute atomic E-state index is 12.1. The number of benzene rings is 1. The predicted octanol–water partition coefficient (Wildman–Crippen LogP) is 5.47. The van der Waals surface area contributed by atoms with E-state index in [9.17, 15) is 20.0 Å². The largest absolute Gasteiger partial charge is 0.480 e. The molecule has 0 aliphatic carbocycles. The van der Waals surface area contributed by atoms with Crippen molar-refractivity contribution in [3.63, 3.8) is 0 Å². The number of fused-ring (bicyclic) bond motifs is 1. The van der Waals surface area contributed by atoms with E-state index in [0.29, 0.717) is 42.4 Å². The van der Waals surface area contributed by atoms with Gasteiger partial charge in [0.1, 0.15) is 22.5 Å². The first kappa shape index (κ1) is 32.6. The van der Waals surface area contributed by atoms with Crippen molar-refractivity contribution >= 4 is 35.3 Å². The zero-order valence-electron chi connectivity index (χ0n) is 26.2. The number of carboxylic acid groups (broad SMARTS) is 1. The highest BCUT2D eigenvalue weighted by atomic mass is 32.2. The number of nitriles is 1. The number of aliphatic carboxylic acids is 1. The lowest BCUT2D eigenvalue weighted by Gasteiger charge is -2.45. The topological polar surface area (TPSA) is 128 Å². The number of aromatic nitrogens is 1. The first-order valence-electron chi connectivity index (χ1n) is 14.7. The van der Waals surface area contributed by atoms with Gasteiger partial charge >= 0.3 is 12.1 Å². The Kier molecular flexibility index (Phi) is 9.94. The lowest BCUT2D eigenvalue weighted by Crippen LogP contribution is -2.58. The minimum absolute atomic E-state index is 0.00548. The molecule has 232 valence electrons. The molecule has 43 heavy (non-hydrogen) atoms. The summed E-state index contributed by atoms with van der Waals surface area (Å²) in [7, 11) is 0.